The number of benzene rings is 5. The van der Waals surface area contributed by atoms with E-state index in [1.807, 2.05) is 60.7 Å². The van der Waals surface area contributed by atoms with Crippen LogP contribution >= 0.6 is 0 Å². The van der Waals surface area contributed by atoms with Crippen molar-refractivity contribution in [2.75, 3.05) is 7.11 Å². The maximum Gasteiger partial charge on any atom is 0.344 e. The topological polar surface area (TPSA) is 88.1 Å². The highest BCUT2D eigenvalue weighted by Gasteiger charge is 2.21. The molecule has 5 aromatic carbocycles. The molecule has 0 aliphatic rings. The lowest BCUT2D eigenvalue weighted by Crippen LogP contribution is -2.15. The molecule has 0 saturated carbocycles. The first kappa shape index (κ1) is 30.9. The van der Waals surface area contributed by atoms with Crippen molar-refractivity contribution in [2.45, 2.75) is 6.92 Å². The van der Waals surface area contributed by atoms with Crippen molar-refractivity contribution in [2.24, 2.45) is 0 Å². The van der Waals surface area contributed by atoms with Crippen LogP contribution in [0.25, 0.3) is 0 Å². The van der Waals surface area contributed by atoms with Gasteiger partial charge in [-0.3, -0.25) is 4.79 Å². The Morgan fingerprint density at radius 1 is 0.478 bits per heavy atom. The van der Waals surface area contributed by atoms with Crippen LogP contribution in [0.1, 0.15) is 49.9 Å². The maximum absolute atomic E-state index is 13.6. The molecule has 0 aliphatic carbocycles. The van der Waals surface area contributed by atoms with Crippen molar-refractivity contribution < 1.29 is 33.3 Å². The van der Waals surface area contributed by atoms with Crippen LogP contribution in [-0.2, 0) is 4.79 Å². The SMILES string of the molecule is COc1ccc(OC(=O)c2cc(C#Cc3ccccc3)c(C(=O)Oc3ccc(OC(C)=O)cc3)cc2C#Cc2ccccc2)cc1. The van der Waals surface area contributed by atoms with E-state index in [0.717, 1.165) is 0 Å². The highest BCUT2D eigenvalue weighted by molar-refractivity contribution is 5.99. The third-order valence-corrected chi connectivity index (χ3v) is 6.39. The van der Waals surface area contributed by atoms with Gasteiger partial charge in [-0.05, 0) is 84.9 Å². The number of methoxy groups -OCH3 is 1. The van der Waals surface area contributed by atoms with Crippen LogP contribution in [0.4, 0.5) is 0 Å². The van der Waals surface area contributed by atoms with Crippen molar-refractivity contribution in [3.63, 3.8) is 0 Å². The van der Waals surface area contributed by atoms with E-state index in [0.29, 0.717) is 28.4 Å². The number of esters is 3. The van der Waals surface area contributed by atoms with Gasteiger partial charge in [-0.25, -0.2) is 9.59 Å². The summed E-state index contributed by atoms with van der Waals surface area (Å²) in [5.41, 5.74) is 2.09. The van der Waals surface area contributed by atoms with E-state index in [-0.39, 0.29) is 28.0 Å². The lowest BCUT2D eigenvalue weighted by molar-refractivity contribution is -0.131. The molecule has 0 heterocycles. The van der Waals surface area contributed by atoms with Gasteiger partial charge in [0.1, 0.15) is 23.0 Å². The second-order valence-corrected chi connectivity index (χ2v) is 9.70. The summed E-state index contributed by atoms with van der Waals surface area (Å²) in [4.78, 5) is 38.5. The first-order valence-electron chi connectivity index (χ1n) is 14.1. The second-order valence-electron chi connectivity index (χ2n) is 9.70. The minimum absolute atomic E-state index is 0.0888. The predicted molar refractivity (Wildman–Crippen MR) is 172 cm³/mol. The molecular formula is C39H26O7. The van der Waals surface area contributed by atoms with Crippen LogP contribution in [0.15, 0.2) is 121 Å². The van der Waals surface area contributed by atoms with Crippen LogP contribution < -0.4 is 18.9 Å². The zero-order valence-electron chi connectivity index (χ0n) is 24.9. The normalized spacial score (nSPS) is 9.87. The molecule has 0 atom stereocenters. The molecule has 0 N–H and O–H groups in total. The third kappa shape index (κ3) is 8.29. The number of carbonyl (C=O) groups is 3. The first-order valence-corrected chi connectivity index (χ1v) is 14.1. The molecular weight excluding hydrogens is 580 g/mol. The summed E-state index contributed by atoms with van der Waals surface area (Å²) in [5, 5.41) is 0. The molecule has 5 rings (SSSR count). The van der Waals surface area contributed by atoms with Gasteiger partial charge in [0.05, 0.1) is 18.2 Å². The molecule has 0 aliphatic heterocycles. The summed E-state index contributed by atoms with van der Waals surface area (Å²) in [6.07, 6.45) is 0. The highest BCUT2D eigenvalue weighted by atomic mass is 16.5. The van der Waals surface area contributed by atoms with Gasteiger partial charge in [0.15, 0.2) is 0 Å². The number of rotatable bonds is 6. The summed E-state index contributed by atoms with van der Waals surface area (Å²) in [6, 6.07) is 34.0. The zero-order chi connectivity index (χ0) is 32.3. The van der Waals surface area contributed by atoms with Gasteiger partial charge in [0, 0.05) is 29.2 Å². The van der Waals surface area contributed by atoms with Crippen LogP contribution in [0.5, 0.6) is 23.0 Å². The van der Waals surface area contributed by atoms with E-state index in [1.165, 1.54) is 43.3 Å². The van der Waals surface area contributed by atoms with Gasteiger partial charge in [-0.1, -0.05) is 60.1 Å². The molecule has 224 valence electrons. The molecule has 46 heavy (non-hydrogen) atoms. The summed E-state index contributed by atoms with van der Waals surface area (Å²) in [6.45, 7) is 1.29. The fourth-order valence-corrected chi connectivity index (χ4v) is 4.18. The number of hydrogen-bond acceptors (Lipinski definition) is 7. The standard InChI is InChI=1S/C39H26O7/c1-27(40)44-33-21-23-35(24-22-33)46-39(42)37-26-30(15-13-28-9-5-3-6-10-28)36(25-31(37)16-14-29-11-7-4-8-12-29)38(41)45-34-19-17-32(43-2)18-20-34/h3-12,17-26H,1-2H3. The molecule has 0 saturated heterocycles. The van der Waals surface area contributed by atoms with E-state index in [9.17, 15) is 14.4 Å². The number of ether oxygens (including phenoxy) is 4. The van der Waals surface area contributed by atoms with E-state index in [2.05, 4.69) is 23.7 Å². The third-order valence-electron chi connectivity index (χ3n) is 6.39. The molecule has 0 amide bonds. The zero-order valence-corrected chi connectivity index (χ0v) is 24.9. The number of carbonyl (C=O) groups excluding carboxylic acids is 3. The van der Waals surface area contributed by atoms with Gasteiger partial charge in [0.25, 0.3) is 0 Å². The second kappa shape index (κ2) is 14.7. The van der Waals surface area contributed by atoms with Crippen LogP contribution in [0.3, 0.4) is 0 Å². The smallest absolute Gasteiger partial charge is 0.344 e. The van der Waals surface area contributed by atoms with Crippen molar-refractivity contribution in [3.8, 4) is 46.7 Å². The van der Waals surface area contributed by atoms with Gasteiger partial charge in [-0.2, -0.15) is 0 Å². The summed E-state index contributed by atoms with van der Waals surface area (Å²) >= 11 is 0. The van der Waals surface area contributed by atoms with E-state index in [1.54, 1.807) is 31.4 Å². The Bertz CT molecular complexity index is 1990. The summed E-state index contributed by atoms with van der Waals surface area (Å²) < 4.78 is 21.6. The Morgan fingerprint density at radius 3 is 1.22 bits per heavy atom. The Balaban J connectivity index is 1.58. The lowest BCUT2D eigenvalue weighted by atomic mass is 9.97. The molecule has 0 fully saturated rings. The largest absolute Gasteiger partial charge is 0.497 e. The molecule has 0 unspecified atom stereocenters. The minimum Gasteiger partial charge on any atom is -0.497 e. The minimum atomic E-state index is -0.726. The monoisotopic (exact) mass is 606 g/mol. The molecule has 0 radical (unpaired) electrons. The maximum atomic E-state index is 13.6. The summed E-state index contributed by atoms with van der Waals surface area (Å²) in [5.74, 6) is 11.7. The molecule has 0 spiro atoms. The van der Waals surface area contributed by atoms with Gasteiger partial charge >= 0.3 is 17.9 Å². The van der Waals surface area contributed by atoms with Crippen LogP contribution in [0.2, 0.25) is 0 Å². The summed E-state index contributed by atoms with van der Waals surface area (Å²) in [7, 11) is 1.54. The molecule has 0 bridgehead atoms. The average molecular weight is 607 g/mol. The van der Waals surface area contributed by atoms with Crippen LogP contribution in [0, 0.1) is 23.7 Å². The first-order chi connectivity index (χ1) is 22.4. The van der Waals surface area contributed by atoms with Crippen molar-refractivity contribution >= 4 is 17.9 Å². The molecule has 5 aromatic rings. The number of hydrogen-bond donors (Lipinski definition) is 0. The Labute approximate surface area is 266 Å². The van der Waals surface area contributed by atoms with Crippen molar-refractivity contribution in [1.29, 1.82) is 0 Å². The quantitative estimate of drug-likeness (QED) is 0.119. The molecule has 7 heteroatoms. The predicted octanol–water partition coefficient (Wildman–Crippen LogP) is 6.86. The highest BCUT2D eigenvalue weighted by Crippen LogP contribution is 2.24. The van der Waals surface area contributed by atoms with Crippen LogP contribution in [-0.4, -0.2) is 25.0 Å². The van der Waals surface area contributed by atoms with Gasteiger partial charge < -0.3 is 18.9 Å². The van der Waals surface area contributed by atoms with Gasteiger partial charge in [-0.15, -0.1) is 0 Å². The Morgan fingerprint density at radius 2 is 0.848 bits per heavy atom. The van der Waals surface area contributed by atoms with E-state index >= 15 is 0 Å². The molecule has 7 nitrogen and oxygen atoms in total. The fourth-order valence-electron chi connectivity index (χ4n) is 4.18. The lowest BCUT2D eigenvalue weighted by Gasteiger charge is -2.12. The van der Waals surface area contributed by atoms with E-state index in [4.69, 9.17) is 18.9 Å². The Kier molecular flexibility index (Phi) is 9.90. The Hall–Kier alpha value is -6.57. The van der Waals surface area contributed by atoms with Gasteiger partial charge in [0.2, 0.25) is 0 Å². The average Bonchev–Trinajstić information content (AvgIpc) is 3.08. The molecule has 0 aromatic heterocycles. The van der Waals surface area contributed by atoms with Crippen molar-refractivity contribution in [3.05, 3.63) is 155 Å². The van der Waals surface area contributed by atoms with Crippen molar-refractivity contribution in [1.82, 2.24) is 0 Å². The van der Waals surface area contributed by atoms with E-state index < -0.39 is 17.9 Å². The fraction of sp³-hybridized carbons (Fsp3) is 0.0513.